The first-order valence-electron chi connectivity index (χ1n) is 7.49. The maximum Gasteiger partial charge on any atom is 0.257 e. The summed E-state index contributed by atoms with van der Waals surface area (Å²) < 4.78 is 11.1. The number of aromatic amines is 1. The van der Waals surface area contributed by atoms with Gasteiger partial charge in [-0.1, -0.05) is 0 Å². The predicted molar refractivity (Wildman–Crippen MR) is 77.3 cm³/mol. The summed E-state index contributed by atoms with van der Waals surface area (Å²) in [6.45, 7) is 5.65. The molecule has 0 aromatic carbocycles. The van der Waals surface area contributed by atoms with Crippen LogP contribution in [0.4, 0.5) is 0 Å². The van der Waals surface area contributed by atoms with Crippen LogP contribution in [0, 0.1) is 0 Å². The van der Waals surface area contributed by atoms with Gasteiger partial charge in [0.1, 0.15) is 0 Å². The number of methoxy groups -OCH3 is 1. The van der Waals surface area contributed by atoms with Gasteiger partial charge in [-0.3, -0.25) is 9.89 Å². The second kappa shape index (κ2) is 5.42. The highest BCUT2D eigenvalue weighted by Gasteiger charge is 2.38. The molecule has 2 heterocycles. The van der Waals surface area contributed by atoms with Crippen LogP contribution in [0.2, 0.25) is 0 Å². The molecule has 1 unspecified atom stereocenters. The van der Waals surface area contributed by atoms with E-state index in [4.69, 9.17) is 9.47 Å². The van der Waals surface area contributed by atoms with Gasteiger partial charge in [0.25, 0.3) is 5.91 Å². The Morgan fingerprint density at radius 3 is 3.00 bits per heavy atom. The molecule has 2 aliphatic rings. The fourth-order valence-electron chi connectivity index (χ4n) is 3.04. The lowest BCUT2D eigenvalue weighted by Crippen LogP contribution is -2.55. The topological polar surface area (TPSA) is 67.5 Å². The molecule has 21 heavy (non-hydrogen) atoms. The van der Waals surface area contributed by atoms with E-state index >= 15 is 0 Å². The molecule has 1 saturated heterocycles. The van der Waals surface area contributed by atoms with Crippen LogP contribution in [-0.2, 0) is 9.47 Å². The number of ether oxygens (including phenoxy) is 2. The number of rotatable bonds is 4. The second-order valence-corrected chi connectivity index (χ2v) is 6.61. The lowest BCUT2D eigenvalue weighted by Gasteiger charge is -2.42. The Bertz CT molecular complexity index is 522. The van der Waals surface area contributed by atoms with Gasteiger partial charge in [0.15, 0.2) is 0 Å². The Hall–Kier alpha value is -1.40. The van der Waals surface area contributed by atoms with Gasteiger partial charge in [-0.15, -0.1) is 0 Å². The summed E-state index contributed by atoms with van der Waals surface area (Å²) in [5, 5.41) is 7.05. The van der Waals surface area contributed by atoms with E-state index in [1.807, 2.05) is 18.7 Å². The Kier molecular flexibility index (Phi) is 3.75. The predicted octanol–water partition coefficient (Wildman–Crippen LogP) is 1.55. The van der Waals surface area contributed by atoms with Crippen LogP contribution in [0.3, 0.4) is 0 Å². The molecule has 2 fully saturated rings. The highest BCUT2D eigenvalue weighted by molar-refractivity contribution is 5.95. The van der Waals surface area contributed by atoms with Crippen molar-refractivity contribution < 1.29 is 14.3 Å². The average molecular weight is 293 g/mol. The van der Waals surface area contributed by atoms with Gasteiger partial charge in [0.05, 0.1) is 35.8 Å². The fourth-order valence-corrected chi connectivity index (χ4v) is 3.04. The van der Waals surface area contributed by atoms with Gasteiger partial charge in [-0.2, -0.15) is 5.10 Å². The van der Waals surface area contributed by atoms with Gasteiger partial charge in [0, 0.05) is 26.1 Å². The van der Waals surface area contributed by atoms with Crippen molar-refractivity contribution in [1.29, 1.82) is 0 Å². The van der Waals surface area contributed by atoms with Crippen LogP contribution in [0.5, 0.6) is 0 Å². The van der Waals surface area contributed by atoms with E-state index in [1.54, 1.807) is 13.3 Å². The minimum atomic E-state index is -0.361. The Labute approximate surface area is 124 Å². The summed E-state index contributed by atoms with van der Waals surface area (Å²) in [6.07, 6.45) is 3.86. The Morgan fingerprint density at radius 1 is 1.57 bits per heavy atom. The van der Waals surface area contributed by atoms with Crippen LogP contribution < -0.4 is 0 Å². The van der Waals surface area contributed by atoms with Crippen molar-refractivity contribution >= 4 is 5.91 Å². The molecule has 116 valence electrons. The second-order valence-electron chi connectivity index (χ2n) is 6.61. The SMILES string of the molecule is COCC1CN(C(=O)c2cn[nH]c2C2CC2)CC(C)(C)O1. The zero-order valence-corrected chi connectivity index (χ0v) is 12.9. The van der Waals surface area contributed by atoms with Gasteiger partial charge < -0.3 is 14.4 Å². The molecule has 1 N–H and O–H groups in total. The normalized spacial score (nSPS) is 25.1. The van der Waals surface area contributed by atoms with Crippen molar-refractivity contribution in [3.63, 3.8) is 0 Å². The molecule has 6 nitrogen and oxygen atoms in total. The van der Waals surface area contributed by atoms with E-state index < -0.39 is 0 Å². The minimum Gasteiger partial charge on any atom is -0.382 e. The maximum atomic E-state index is 12.8. The number of carbonyl (C=O) groups is 1. The van der Waals surface area contributed by atoms with Gasteiger partial charge in [-0.05, 0) is 26.7 Å². The molecule has 1 amide bonds. The number of hydrogen-bond acceptors (Lipinski definition) is 4. The molecule has 1 aliphatic carbocycles. The van der Waals surface area contributed by atoms with Crippen molar-refractivity contribution in [1.82, 2.24) is 15.1 Å². The number of aromatic nitrogens is 2. The fraction of sp³-hybridized carbons (Fsp3) is 0.733. The molecule has 0 spiro atoms. The third-order valence-electron chi connectivity index (χ3n) is 4.01. The van der Waals surface area contributed by atoms with E-state index in [2.05, 4.69) is 10.2 Å². The lowest BCUT2D eigenvalue weighted by molar-refractivity contribution is -0.143. The Balaban J connectivity index is 1.77. The third-order valence-corrected chi connectivity index (χ3v) is 4.01. The van der Waals surface area contributed by atoms with Gasteiger partial charge in [0.2, 0.25) is 0 Å². The lowest BCUT2D eigenvalue weighted by atomic mass is 10.0. The van der Waals surface area contributed by atoms with Crippen LogP contribution in [-0.4, -0.2) is 59.5 Å². The first-order chi connectivity index (χ1) is 10.00. The van der Waals surface area contributed by atoms with Gasteiger partial charge in [-0.25, -0.2) is 0 Å². The molecule has 0 radical (unpaired) electrons. The number of amides is 1. The van der Waals surface area contributed by atoms with Crippen molar-refractivity contribution in [2.45, 2.75) is 44.3 Å². The number of morpholine rings is 1. The Morgan fingerprint density at radius 2 is 2.33 bits per heavy atom. The van der Waals surface area contributed by atoms with E-state index in [-0.39, 0.29) is 17.6 Å². The number of H-pyrrole nitrogens is 1. The molecule has 1 aromatic rings. The minimum absolute atomic E-state index is 0.0446. The molecule has 3 rings (SSSR count). The zero-order valence-electron chi connectivity index (χ0n) is 12.9. The summed E-state index contributed by atoms with van der Waals surface area (Å²) in [4.78, 5) is 14.7. The molecule has 1 saturated carbocycles. The van der Waals surface area contributed by atoms with Crippen LogP contribution >= 0.6 is 0 Å². The summed E-state index contributed by atoms with van der Waals surface area (Å²) in [6, 6.07) is 0. The molecule has 1 aliphatic heterocycles. The smallest absolute Gasteiger partial charge is 0.257 e. The van der Waals surface area contributed by atoms with Crippen LogP contribution in [0.25, 0.3) is 0 Å². The van der Waals surface area contributed by atoms with Crippen molar-refractivity contribution in [3.05, 3.63) is 17.5 Å². The molecular formula is C15H23N3O3. The van der Waals surface area contributed by atoms with Crippen molar-refractivity contribution in [2.75, 3.05) is 26.8 Å². The molecule has 1 atom stereocenters. The molecule has 6 heteroatoms. The summed E-state index contributed by atoms with van der Waals surface area (Å²) in [5.74, 6) is 0.526. The summed E-state index contributed by atoms with van der Waals surface area (Å²) in [5.41, 5.74) is 1.35. The largest absolute Gasteiger partial charge is 0.382 e. The standard InChI is InChI=1S/C15H23N3O3/c1-15(2)9-18(7-11(21-15)8-20-3)14(19)12-6-16-17-13(12)10-4-5-10/h6,10-11H,4-5,7-9H2,1-3H3,(H,16,17). The van der Waals surface area contributed by atoms with Crippen LogP contribution in [0.1, 0.15) is 48.7 Å². The third kappa shape index (κ3) is 3.11. The number of nitrogens with zero attached hydrogens (tertiary/aromatic N) is 2. The van der Waals surface area contributed by atoms with Crippen LogP contribution in [0.15, 0.2) is 6.20 Å². The molecular weight excluding hydrogens is 270 g/mol. The highest BCUT2D eigenvalue weighted by Crippen LogP contribution is 2.40. The highest BCUT2D eigenvalue weighted by atomic mass is 16.5. The molecule has 1 aromatic heterocycles. The monoisotopic (exact) mass is 293 g/mol. The molecule has 0 bridgehead atoms. The summed E-state index contributed by atoms with van der Waals surface area (Å²) >= 11 is 0. The number of carbonyl (C=O) groups excluding carboxylic acids is 1. The zero-order chi connectivity index (χ0) is 15.0. The first-order valence-corrected chi connectivity index (χ1v) is 7.49. The summed E-state index contributed by atoms with van der Waals surface area (Å²) in [7, 11) is 1.65. The van der Waals surface area contributed by atoms with E-state index in [1.165, 1.54) is 0 Å². The quantitative estimate of drug-likeness (QED) is 0.914. The maximum absolute atomic E-state index is 12.8. The van der Waals surface area contributed by atoms with Crippen molar-refractivity contribution in [3.8, 4) is 0 Å². The first kappa shape index (κ1) is 14.5. The van der Waals surface area contributed by atoms with E-state index in [0.29, 0.717) is 31.2 Å². The number of hydrogen-bond donors (Lipinski definition) is 1. The average Bonchev–Trinajstić information content (AvgIpc) is 3.14. The van der Waals surface area contributed by atoms with Gasteiger partial charge >= 0.3 is 0 Å². The van der Waals surface area contributed by atoms with E-state index in [0.717, 1.165) is 18.5 Å². The van der Waals surface area contributed by atoms with Crippen molar-refractivity contribution in [2.24, 2.45) is 0 Å². The number of nitrogens with one attached hydrogen (secondary N) is 1. The van der Waals surface area contributed by atoms with E-state index in [9.17, 15) is 4.79 Å².